The van der Waals surface area contributed by atoms with E-state index in [0.29, 0.717) is 23.4 Å². The van der Waals surface area contributed by atoms with Crippen LogP contribution in [0.25, 0.3) is 0 Å². The Morgan fingerprint density at radius 2 is 1.70 bits per heavy atom. The largest absolute Gasteiger partial charge is 0.494 e. The Hall–Kier alpha value is -2.82. The summed E-state index contributed by atoms with van der Waals surface area (Å²) in [5.74, 6) is 0.284. The van der Waals surface area contributed by atoms with Gasteiger partial charge in [0.05, 0.1) is 17.9 Å². The summed E-state index contributed by atoms with van der Waals surface area (Å²) in [5, 5.41) is 5.75. The van der Waals surface area contributed by atoms with Crippen LogP contribution in [0.5, 0.6) is 5.75 Å². The van der Waals surface area contributed by atoms with Crippen LogP contribution in [-0.4, -0.2) is 24.5 Å². The number of unbranched alkanes of at least 4 members (excludes halogenated alkanes) is 1. The van der Waals surface area contributed by atoms with E-state index < -0.39 is 0 Å². The molecule has 5 heteroatoms. The van der Waals surface area contributed by atoms with Gasteiger partial charge in [0.25, 0.3) is 11.8 Å². The molecule has 2 aromatic carbocycles. The van der Waals surface area contributed by atoms with E-state index >= 15 is 0 Å². The van der Waals surface area contributed by atoms with Gasteiger partial charge in [0.15, 0.2) is 0 Å². The smallest absolute Gasteiger partial charge is 0.255 e. The number of para-hydroxylation sites is 1. The third-order valence-corrected chi connectivity index (χ3v) is 4.29. The third kappa shape index (κ3) is 6.13. The van der Waals surface area contributed by atoms with E-state index in [-0.39, 0.29) is 17.9 Å². The maximum atomic E-state index is 12.6. The molecule has 2 amide bonds. The van der Waals surface area contributed by atoms with E-state index in [1.165, 1.54) is 0 Å². The number of carbonyl (C=O) groups excluding carboxylic acids is 2. The first-order valence-corrected chi connectivity index (χ1v) is 9.49. The fraction of sp³-hybridized carbons (Fsp3) is 0.364. The molecule has 0 fully saturated rings. The number of rotatable bonds is 9. The van der Waals surface area contributed by atoms with Crippen molar-refractivity contribution in [3.63, 3.8) is 0 Å². The predicted molar refractivity (Wildman–Crippen MR) is 108 cm³/mol. The number of hydrogen-bond acceptors (Lipinski definition) is 3. The van der Waals surface area contributed by atoms with Crippen LogP contribution < -0.4 is 15.4 Å². The van der Waals surface area contributed by atoms with Crippen molar-refractivity contribution in [2.75, 3.05) is 11.9 Å². The molecule has 0 spiro atoms. The molecule has 2 aromatic rings. The van der Waals surface area contributed by atoms with Crippen molar-refractivity contribution in [2.24, 2.45) is 0 Å². The number of nitrogens with one attached hydrogen (secondary N) is 2. The van der Waals surface area contributed by atoms with Crippen molar-refractivity contribution in [3.8, 4) is 5.75 Å². The monoisotopic (exact) mass is 368 g/mol. The molecule has 0 heterocycles. The summed E-state index contributed by atoms with van der Waals surface area (Å²) in [7, 11) is 0. The van der Waals surface area contributed by atoms with Crippen LogP contribution in [0.1, 0.15) is 60.7 Å². The lowest BCUT2D eigenvalue weighted by Crippen LogP contribution is -2.32. The van der Waals surface area contributed by atoms with Gasteiger partial charge in [-0.2, -0.15) is 0 Å². The van der Waals surface area contributed by atoms with E-state index in [0.717, 1.165) is 25.0 Å². The highest BCUT2D eigenvalue weighted by atomic mass is 16.5. The quantitative estimate of drug-likeness (QED) is 0.633. The van der Waals surface area contributed by atoms with Gasteiger partial charge in [-0.25, -0.2) is 0 Å². The minimum Gasteiger partial charge on any atom is -0.494 e. The Labute approximate surface area is 161 Å². The molecule has 0 radical (unpaired) electrons. The second-order valence-corrected chi connectivity index (χ2v) is 6.51. The maximum absolute atomic E-state index is 12.6. The summed E-state index contributed by atoms with van der Waals surface area (Å²) in [4.78, 5) is 25.0. The van der Waals surface area contributed by atoms with Crippen LogP contribution in [0.4, 0.5) is 5.69 Å². The van der Waals surface area contributed by atoms with Gasteiger partial charge >= 0.3 is 0 Å². The van der Waals surface area contributed by atoms with Crippen molar-refractivity contribution >= 4 is 17.5 Å². The fourth-order valence-electron chi connectivity index (χ4n) is 2.43. The zero-order valence-corrected chi connectivity index (χ0v) is 16.2. The first-order valence-electron chi connectivity index (χ1n) is 9.49. The molecule has 0 aliphatic heterocycles. The summed E-state index contributed by atoms with van der Waals surface area (Å²) in [6.45, 7) is 6.73. The van der Waals surface area contributed by atoms with Crippen molar-refractivity contribution in [3.05, 3.63) is 59.7 Å². The molecule has 5 nitrogen and oxygen atoms in total. The number of carbonyl (C=O) groups is 2. The van der Waals surface area contributed by atoms with Crippen molar-refractivity contribution < 1.29 is 14.3 Å². The molecule has 2 N–H and O–H groups in total. The Morgan fingerprint density at radius 1 is 1.00 bits per heavy atom. The average Bonchev–Trinajstić information content (AvgIpc) is 2.69. The van der Waals surface area contributed by atoms with Crippen LogP contribution in [0.3, 0.4) is 0 Å². The Kier molecular flexibility index (Phi) is 7.86. The number of amides is 2. The van der Waals surface area contributed by atoms with Crippen molar-refractivity contribution in [1.82, 2.24) is 5.32 Å². The van der Waals surface area contributed by atoms with Gasteiger partial charge in [-0.15, -0.1) is 0 Å². The topological polar surface area (TPSA) is 67.4 Å². The minimum absolute atomic E-state index is 0.0708. The second kappa shape index (κ2) is 10.4. The zero-order valence-electron chi connectivity index (χ0n) is 16.2. The maximum Gasteiger partial charge on any atom is 0.255 e. The highest BCUT2D eigenvalue weighted by molar-refractivity contribution is 6.09. The van der Waals surface area contributed by atoms with Gasteiger partial charge < -0.3 is 15.4 Å². The van der Waals surface area contributed by atoms with E-state index in [1.54, 1.807) is 48.5 Å². The lowest BCUT2D eigenvalue weighted by atomic mass is 10.1. The second-order valence-electron chi connectivity index (χ2n) is 6.51. The molecule has 0 bridgehead atoms. The van der Waals surface area contributed by atoms with Gasteiger partial charge in [0, 0.05) is 11.6 Å². The molecular weight excluding hydrogens is 340 g/mol. The highest BCUT2D eigenvalue weighted by Gasteiger charge is 2.15. The molecular formula is C22H28N2O3. The first kappa shape index (κ1) is 20.5. The summed E-state index contributed by atoms with van der Waals surface area (Å²) in [5.41, 5.74) is 1.45. The number of anilines is 1. The fourth-order valence-corrected chi connectivity index (χ4v) is 2.43. The first-order chi connectivity index (χ1) is 13.0. The van der Waals surface area contributed by atoms with Crippen LogP contribution in [0, 0.1) is 0 Å². The zero-order chi connectivity index (χ0) is 19.6. The average molecular weight is 368 g/mol. The van der Waals surface area contributed by atoms with Crippen LogP contribution in [-0.2, 0) is 0 Å². The van der Waals surface area contributed by atoms with E-state index in [1.807, 2.05) is 13.8 Å². The van der Waals surface area contributed by atoms with Crippen LogP contribution in [0.2, 0.25) is 0 Å². The van der Waals surface area contributed by atoms with Gasteiger partial charge in [0.1, 0.15) is 5.75 Å². The van der Waals surface area contributed by atoms with E-state index in [9.17, 15) is 9.59 Å². The Balaban J connectivity index is 2.06. The normalized spacial score (nSPS) is 11.5. The summed E-state index contributed by atoms with van der Waals surface area (Å²) < 4.78 is 5.61. The van der Waals surface area contributed by atoms with Crippen molar-refractivity contribution in [2.45, 2.75) is 46.1 Å². The van der Waals surface area contributed by atoms with E-state index in [4.69, 9.17) is 4.74 Å². The number of ether oxygens (including phenoxy) is 1. The molecule has 1 atom stereocenters. The van der Waals surface area contributed by atoms with Crippen molar-refractivity contribution in [1.29, 1.82) is 0 Å². The van der Waals surface area contributed by atoms with Crippen LogP contribution in [0.15, 0.2) is 48.5 Å². The lowest BCUT2D eigenvalue weighted by molar-refractivity contribution is 0.0940. The molecule has 1 unspecified atom stereocenters. The van der Waals surface area contributed by atoms with Gasteiger partial charge in [-0.3, -0.25) is 9.59 Å². The lowest BCUT2D eigenvalue weighted by Gasteiger charge is -2.14. The third-order valence-electron chi connectivity index (χ3n) is 4.29. The standard InChI is InChI=1S/C22H28N2O3/c1-4-6-15-27-18-13-11-17(12-14-18)21(25)24-20-10-8-7-9-19(20)22(26)23-16(3)5-2/h7-14,16H,4-6,15H2,1-3H3,(H,23,26)(H,24,25). The van der Waals surface area contributed by atoms with Gasteiger partial charge in [-0.1, -0.05) is 32.4 Å². The molecule has 0 aliphatic rings. The minimum atomic E-state index is -0.265. The molecule has 144 valence electrons. The number of hydrogen-bond donors (Lipinski definition) is 2. The number of benzene rings is 2. The molecule has 0 saturated heterocycles. The molecule has 2 rings (SSSR count). The molecule has 27 heavy (non-hydrogen) atoms. The summed E-state index contributed by atoms with van der Waals surface area (Å²) in [6, 6.07) is 14.1. The highest BCUT2D eigenvalue weighted by Crippen LogP contribution is 2.18. The summed E-state index contributed by atoms with van der Waals surface area (Å²) >= 11 is 0. The SMILES string of the molecule is CCCCOc1ccc(C(=O)Nc2ccccc2C(=O)NC(C)CC)cc1. The van der Waals surface area contributed by atoms with Gasteiger partial charge in [-0.05, 0) is 56.2 Å². The Morgan fingerprint density at radius 3 is 2.37 bits per heavy atom. The van der Waals surface area contributed by atoms with Gasteiger partial charge in [0.2, 0.25) is 0 Å². The van der Waals surface area contributed by atoms with E-state index in [2.05, 4.69) is 17.6 Å². The van der Waals surface area contributed by atoms with Crippen LogP contribution >= 0.6 is 0 Å². The predicted octanol–water partition coefficient (Wildman–Crippen LogP) is 4.65. The molecule has 0 aliphatic carbocycles. The molecule has 0 saturated carbocycles. The molecule has 0 aromatic heterocycles. The Bertz CT molecular complexity index is 756. The summed E-state index contributed by atoms with van der Waals surface area (Å²) in [6.07, 6.45) is 2.91.